The monoisotopic (exact) mass is 438 g/mol. The van der Waals surface area contributed by atoms with Crippen LogP contribution in [0.25, 0.3) is 0 Å². The molecule has 0 bridgehead atoms. The molecule has 2 fully saturated rings. The van der Waals surface area contributed by atoms with E-state index in [1.54, 1.807) is 36.4 Å². The van der Waals surface area contributed by atoms with Crippen molar-refractivity contribution in [3.8, 4) is 5.75 Å². The first-order valence-corrected chi connectivity index (χ1v) is 10.6. The highest BCUT2D eigenvalue weighted by molar-refractivity contribution is 6.09. The minimum absolute atomic E-state index is 0.162. The number of carboxylic acid groups (broad SMARTS) is 1. The van der Waals surface area contributed by atoms with E-state index < -0.39 is 12.0 Å². The number of nitrogens with one attached hydrogen (secondary N) is 2. The van der Waals surface area contributed by atoms with Crippen molar-refractivity contribution >= 4 is 29.3 Å². The van der Waals surface area contributed by atoms with E-state index in [1.165, 1.54) is 4.90 Å². The van der Waals surface area contributed by atoms with Crippen molar-refractivity contribution < 1.29 is 24.2 Å². The third kappa shape index (κ3) is 4.93. The fourth-order valence-corrected chi connectivity index (χ4v) is 3.58. The van der Waals surface area contributed by atoms with Crippen LogP contribution in [-0.2, 0) is 0 Å². The fourth-order valence-electron chi connectivity index (χ4n) is 3.58. The van der Waals surface area contributed by atoms with Crippen LogP contribution < -0.4 is 21.1 Å². The van der Waals surface area contributed by atoms with Gasteiger partial charge in [0.15, 0.2) is 0 Å². The SMILES string of the molecule is Cc1ccc(C(=O)NC2CC2)cc1NC(=O)c1cc(OC2CCN(C(=O)O)C2)ccc1N. The zero-order valence-corrected chi connectivity index (χ0v) is 17.8. The molecule has 32 heavy (non-hydrogen) atoms. The van der Waals surface area contributed by atoms with E-state index in [0.29, 0.717) is 30.0 Å². The Morgan fingerprint density at radius 1 is 1.09 bits per heavy atom. The summed E-state index contributed by atoms with van der Waals surface area (Å²) < 4.78 is 5.88. The van der Waals surface area contributed by atoms with Gasteiger partial charge in [-0.05, 0) is 55.7 Å². The van der Waals surface area contributed by atoms with E-state index >= 15 is 0 Å². The number of hydrogen-bond donors (Lipinski definition) is 4. The van der Waals surface area contributed by atoms with E-state index in [4.69, 9.17) is 15.6 Å². The average Bonchev–Trinajstić information content (AvgIpc) is 3.44. The van der Waals surface area contributed by atoms with Gasteiger partial charge in [-0.1, -0.05) is 6.07 Å². The maximum absolute atomic E-state index is 13.0. The van der Waals surface area contributed by atoms with Crippen LogP contribution in [0, 0.1) is 6.92 Å². The summed E-state index contributed by atoms with van der Waals surface area (Å²) in [6.07, 6.45) is 1.31. The maximum atomic E-state index is 13.0. The number of amides is 3. The molecule has 9 heteroatoms. The topological polar surface area (TPSA) is 134 Å². The van der Waals surface area contributed by atoms with Gasteiger partial charge in [0.25, 0.3) is 11.8 Å². The summed E-state index contributed by atoms with van der Waals surface area (Å²) in [5.74, 6) is -0.143. The highest BCUT2D eigenvalue weighted by atomic mass is 16.5. The molecule has 2 aliphatic rings. The van der Waals surface area contributed by atoms with Crippen LogP contribution in [0.3, 0.4) is 0 Å². The standard InChI is InChI=1S/C23H26N4O5/c1-13-2-3-14(21(28)25-15-4-5-15)10-20(13)26-22(29)18-11-16(6-7-19(18)24)32-17-8-9-27(12-17)23(30)31/h2-3,6-7,10-11,15,17H,4-5,8-9,12,24H2,1H3,(H,25,28)(H,26,29)(H,30,31). The normalized spacial score (nSPS) is 17.7. The van der Waals surface area contributed by atoms with Crippen LogP contribution in [0.2, 0.25) is 0 Å². The number of likely N-dealkylation sites (tertiary alicyclic amines) is 1. The Bertz CT molecular complexity index is 1070. The number of aryl methyl sites for hydroxylation is 1. The number of anilines is 2. The van der Waals surface area contributed by atoms with Crippen LogP contribution in [-0.4, -0.2) is 53.1 Å². The van der Waals surface area contributed by atoms with Crippen LogP contribution in [0.15, 0.2) is 36.4 Å². The van der Waals surface area contributed by atoms with Crippen LogP contribution in [0.4, 0.5) is 16.2 Å². The molecule has 1 aliphatic carbocycles. The predicted octanol–water partition coefficient (Wildman–Crippen LogP) is 2.85. The molecule has 2 aromatic carbocycles. The van der Waals surface area contributed by atoms with Crippen molar-refractivity contribution in [3.63, 3.8) is 0 Å². The van der Waals surface area contributed by atoms with E-state index in [2.05, 4.69) is 10.6 Å². The lowest BCUT2D eigenvalue weighted by molar-refractivity contribution is 0.0949. The summed E-state index contributed by atoms with van der Waals surface area (Å²) in [5.41, 5.74) is 8.37. The number of ether oxygens (including phenoxy) is 1. The van der Waals surface area contributed by atoms with Gasteiger partial charge < -0.3 is 31.1 Å². The predicted molar refractivity (Wildman–Crippen MR) is 119 cm³/mol. The van der Waals surface area contributed by atoms with Gasteiger partial charge in [0.05, 0.1) is 12.1 Å². The van der Waals surface area contributed by atoms with Gasteiger partial charge in [-0.2, -0.15) is 0 Å². The van der Waals surface area contributed by atoms with Gasteiger partial charge in [0.2, 0.25) is 0 Å². The quantitative estimate of drug-likeness (QED) is 0.513. The number of carbonyl (C=O) groups excluding carboxylic acids is 2. The summed E-state index contributed by atoms with van der Waals surface area (Å²) in [5, 5.41) is 14.9. The molecule has 3 amide bonds. The van der Waals surface area contributed by atoms with Gasteiger partial charge in [0.1, 0.15) is 11.9 Å². The summed E-state index contributed by atoms with van der Waals surface area (Å²) in [6, 6.07) is 10.2. The molecule has 5 N–H and O–H groups in total. The van der Waals surface area contributed by atoms with Crippen LogP contribution in [0.1, 0.15) is 45.5 Å². The lowest BCUT2D eigenvalue weighted by Crippen LogP contribution is -2.29. The fraction of sp³-hybridized carbons (Fsp3) is 0.348. The largest absolute Gasteiger partial charge is 0.488 e. The minimum atomic E-state index is -0.975. The molecule has 0 spiro atoms. The third-order valence-corrected chi connectivity index (χ3v) is 5.65. The Labute approximate surface area is 185 Å². The molecule has 4 rings (SSSR count). The zero-order valence-electron chi connectivity index (χ0n) is 17.8. The first kappa shape index (κ1) is 21.5. The number of benzene rings is 2. The summed E-state index contributed by atoms with van der Waals surface area (Å²) >= 11 is 0. The zero-order chi connectivity index (χ0) is 22.8. The Balaban J connectivity index is 1.47. The third-order valence-electron chi connectivity index (χ3n) is 5.65. The molecule has 1 saturated heterocycles. The van der Waals surface area contributed by atoms with Crippen molar-refractivity contribution in [2.24, 2.45) is 0 Å². The van der Waals surface area contributed by atoms with Gasteiger partial charge in [-0.3, -0.25) is 9.59 Å². The molecular weight excluding hydrogens is 412 g/mol. The molecule has 1 unspecified atom stereocenters. The first-order valence-electron chi connectivity index (χ1n) is 10.6. The molecule has 1 heterocycles. The van der Waals surface area contributed by atoms with Gasteiger partial charge in [-0.25, -0.2) is 4.79 Å². The van der Waals surface area contributed by atoms with Crippen LogP contribution >= 0.6 is 0 Å². The van der Waals surface area contributed by atoms with Crippen molar-refractivity contribution in [1.82, 2.24) is 10.2 Å². The van der Waals surface area contributed by atoms with Gasteiger partial charge in [0, 0.05) is 35.9 Å². The lowest BCUT2D eigenvalue weighted by atomic mass is 10.1. The van der Waals surface area contributed by atoms with Crippen molar-refractivity contribution in [3.05, 3.63) is 53.1 Å². The second-order valence-corrected chi connectivity index (χ2v) is 8.24. The number of carbonyl (C=O) groups is 3. The number of nitrogen functional groups attached to an aromatic ring is 1. The molecule has 1 saturated carbocycles. The summed E-state index contributed by atoms with van der Waals surface area (Å²) in [6.45, 7) is 2.53. The molecule has 1 atom stereocenters. The molecule has 2 aromatic rings. The smallest absolute Gasteiger partial charge is 0.407 e. The molecule has 0 radical (unpaired) electrons. The molecule has 1 aliphatic heterocycles. The first-order chi connectivity index (χ1) is 15.3. The average molecular weight is 438 g/mol. The Morgan fingerprint density at radius 2 is 1.88 bits per heavy atom. The Morgan fingerprint density at radius 3 is 2.56 bits per heavy atom. The van der Waals surface area contributed by atoms with Crippen LogP contribution in [0.5, 0.6) is 5.75 Å². The summed E-state index contributed by atoms with van der Waals surface area (Å²) in [4.78, 5) is 37.7. The highest BCUT2D eigenvalue weighted by Gasteiger charge is 2.28. The number of rotatable bonds is 6. The minimum Gasteiger partial charge on any atom is -0.488 e. The number of nitrogens with zero attached hydrogens (tertiary/aromatic N) is 1. The summed E-state index contributed by atoms with van der Waals surface area (Å²) in [7, 11) is 0. The van der Waals surface area contributed by atoms with Gasteiger partial charge in [-0.15, -0.1) is 0 Å². The highest BCUT2D eigenvalue weighted by Crippen LogP contribution is 2.26. The second-order valence-electron chi connectivity index (χ2n) is 8.24. The van der Waals surface area contributed by atoms with Crippen molar-refractivity contribution in [2.45, 2.75) is 38.3 Å². The Hall–Kier alpha value is -3.75. The van der Waals surface area contributed by atoms with E-state index in [9.17, 15) is 14.4 Å². The maximum Gasteiger partial charge on any atom is 0.407 e. The molecular formula is C23H26N4O5. The Kier molecular flexibility index (Phi) is 5.89. The van der Waals surface area contributed by atoms with E-state index in [-0.39, 0.29) is 35.8 Å². The molecule has 9 nitrogen and oxygen atoms in total. The van der Waals surface area contributed by atoms with Gasteiger partial charge >= 0.3 is 6.09 Å². The number of nitrogens with two attached hydrogens (primary N) is 1. The number of hydrogen-bond acceptors (Lipinski definition) is 5. The van der Waals surface area contributed by atoms with E-state index in [0.717, 1.165) is 18.4 Å². The second kappa shape index (κ2) is 8.78. The molecule has 168 valence electrons. The van der Waals surface area contributed by atoms with E-state index in [1.807, 2.05) is 6.92 Å². The molecule has 0 aromatic heterocycles. The lowest BCUT2D eigenvalue weighted by Gasteiger charge is -2.16. The van der Waals surface area contributed by atoms with Crippen molar-refractivity contribution in [2.75, 3.05) is 24.1 Å². The van der Waals surface area contributed by atoms with Crippen molar-refractivity contribution in [1.29, 1.82) is 0 Å².